The van der Waals surface area contributed by atoms with Gasteiger partial charge in [0.15, 0.2) is 6.10 Å². The maximum atomic E-state index is 12.2. The van der Waals surface area contributed by atoms with Crippen molar-refractivity contribution in [2.75, 3.05) is 19.7 Å². The molecule has 6 nitrogen and oxygen atoms in total. The summed E-state index contributed by atoms with van der Waals surface area (Å²) in [5.41, 5.74) is 5.21. The SMILES string of the molecule is CC1CCCCC1NC(=O)N1CCOC(C(N)=O)C1. The third kappa shape index (κ3) is 3.59. The molecule has 1 aliphatic heterocycles. The van der Waals surface area contributed by atoms with E-state index in [9.17, 15) is 9.59 Å². The van der Waals surface area contributed by atoms with Gasteiger partial charge in [0, 0.05) is 12.6 Å². The summed E-state index contributed by atoms with van der Waals surface area (Å²) in [6.45, 7) is 3.30. The second-order valence-electron chi connectivity index (χ2n) is 5.53. The number of primary amides is 1. The molecule has 108 valence electrons. The van der Waals surface area contributed by atoms with Crippen LogP contribution in [0.2, 0.25) is 0 Å². The van der Waals surface area contributed by atoms with E-state index in [1.54, 1.807) is 4.90 Å². The van der Waals surface area contributed by atoms with Gasteiger partial charge in [-0.1, -0.05) is 19.8 Å². The Kier molecular flexibility index (Phi) is 4.63. The van der Waals surface area contributed by atoms with Crippen molar-refractivity contribution in [3.63, 3.8) is 0 Å². The number of hydrogen-bond donors (Lipinski definition) is 2. The van der Waals surface area contributed by atoms with Gasteiger partial charge in [-0.15, -0.1) is 0 Å². The first-order valence-electron chi connectivity index (χ1n) is 7.04. The normalized spacial score (nSPS) is 31.8. The molecule has 0 aromatic heterocycles. The molecular formula is C13H23N3O3. The van der Waals surface area contributed by atoms with Crippen molar-refractivity contribution >= 4 is 11.9 Å². The van der Waals surface area contributed by atoms with Crippen LogP contribution in [0.1, 0.15) is 32.6 Å². The second-order valence-corrected chi connectivity index (χ2v) is 5.53. The molecule has 2 aliphatic rings. The smallest absolute Gasteiger partial charge is 0.317 e. The average molecular weight is 269 g/mol. The number of nitrogens with one attached hydrogen (secondary N) is 1. The standard InChI is InChI=1S/C13H23N3O3/c1-9-4-2-3-5-10(9)15-13(18)16-6-7-19-11(8-16)12(14)17/h9-11H,2-8H2,1H3,(H2,14,17)(H,15,18). The van der Waals surface area contributed by atoms with Crippen LogP contribution >= 0.6 is 0 Å². The third-order valence-corrected chi connectivity index (χ3v) is 4.09. The minimum atomic E-state index is -0.678. The fourth-order valence-electron chi connectivity index (χ4n) is 2.79. The Labute approximate surface area is 113 Å². The maximum absolute atomic E-state index is 12.2. The van der Waals surface area contributed by atoms with Gasteiger partial charge < -0.3 is 20.7 Å². The van der Waals surface area contributed by atoms with Gasteiger partial charge in [-0.3, -0.25) is 4.79 Å². The van der Waals surface area contributed by atoms with Gasteiger partial charge in [-0.05, 0) is 18.8 Å². The summed E-state index contributed by atoms with van der Waals surface area (Å²) in [5.74, 6) is 0.00853. The van der Waals surface area contributed by atoms with E-state index in [1.165, 1.54) is 12.8 Å². The van der Waals surface area contributed by atoms with Crippen LogP contribution < -0.4 is 11.1 Å². The molecule has 6 heteroatoms. The van der Waals surface area contributed by atoms with E-state index < -0.39 is 12.0 Å². The quantitative estimate of drug-likeness (QED) is 0.764. The van der Waals surface area contributed by atoms with Crippen LogP contribution in [0, 0.1) is 5.92 Å². The molecule has 3 N–H and O–H groups in total. The zero-order valence-corrected chi connectivity index (χ0v) is 11.4. The van der Waals surface area contributed by atoms with Gasteiger partial charge in [-0.25, -0.2) is 4.79 Å². The summed E-state index contributed by atoms with van der Waals surface area (Å²) >= 11 is 0. The molecular weight excluding hydrogens is 246 g/mol. The van der Waals surface area contributed by atoms with Gasteiger partial charge in [0.1, 0.15) is 0 Å². The van der Waals surface area contributed by atoms with Crippen LogP contribution in [0.3, 0.4) is 0 Å². The summed E-state index contributed by atoms with van der Waals surface area (Å²) in [7, 11) is 0. The lowest BCUT2D eigenvalue weighted by Crippen LogP contribution is -2.55. The molecule has 1 aliphatic carbocycles. The van der Waals surface area contributed by atoms with Crippen molar-refractivity contribution in [2.45, 2.75) is 44.8 Å². The number of urea groups is 1. The Morgan fingerprint density at radius 3 is 2.74 bits per heavy atom. The topological polar surface area (TPSA) is 84.7 Å². The highest BCUT2D eigenvalue weighted by Gasteiger charge is 2.30. The summed E-state index contributed by atoms with van der Waals surface area (Å²) in [5, 5.41) is 3.08. The first-order valence-corrected chi connectivity index (χ1v) is 7.04. The number of rotatable bonds is 2. The van der Waals surface area contributed by atoms with E-state index in [1.807, 2.05) is 0 Å². The molecule has 1 heterocycles. The summed E-state index contributed by atoms with van der Waals surface area (Å²) in [6.07, 6.45) is 3.94. The van der Waals surface area contributed by atoms with Gasteiger partial charge >= 0.3 is 6.03 Å². The molecule has 19 heavy (non-hydrogen) atoms. The third-order valence-electron chi connectivity index (χ3n) is 4.09. The van der Waals surface area contributed by atoms with Gasteiger partial charge in [0.05, 0.1) is 13.2 Å². The first-order chi connectivity index (χ1) is 9.08. The summed E-state index contributed by atoms with van der Waals surface area (Å²) < 4.78 is 5.23. The largest absolute Gasteiger partial charge is 0.367 e. The Morgan fingerprint density at radius 1 is 1.32 bits per heavy atom. The number of ether oxygens (including phenoxy) is 1. The van der Waals surface area contributed by atoms with E-state index >= 15 is 0 Å². The average Bonchev–Trinajstić information content (AvgIpc) is 2.41. The number of carbonyl (C=O) groups excluding carboxylic acids is 2. The second kappa shape index (κ2) is 6.23. The highest BCUT2D eigenvalue weighted by atomic mass is 16.5. The van der Waals surface area contributed by atoms with E-state index in [2.05, 4.69) is 12.2 Å². The van der Waals surface area contributed by atoms with Crippen molar-refractivity contribution in [3.8, 4) is 0 Å². The molecule has 0 radical (unpaired) electrons. The number of morpholine rings is 1. The molecule has 3 unspecified atom stereocenters. The molecule has 2 rings (SSSR count). The number of carbonyl (C=O) groups is 2. The lowest BCUT2D eigenvalue weighted by molar-refractivity contribution is -0.133. The van der Waals surface area contributed by atoms with Crippen LogP contribution in [0.25, 0.3) is 0 Å². The molecule has 1 saturated heterocycles. The van der Waals surface area contributed by atoms with Gasteiger partial charge in [-0.2, -0.15) is 0 Å². The molecule has 0 aromatic rings. The minimum Gasteiger partial charge on any atom is -0.367 e. The summed E-state index contributed by atoms with van der Waals surface area (Å²) in [6, 6.07) is 0.143. The Morgan fingerprint density at radius 2 is 2.05 bits per heavy atom. The van der Waals surface area contributed by atoms with Crippen molar-refractivity contribution < 1.29 is 14.3 Å². The molecule has 0 spiro atoms. The van der Waals surface area contributed by atoms with Crippen LogP contribution in [0.5, 0.6) is 0 Å². The minimum absolute atomic E-state index is 0.103. The van der Waals surface area contributed by atoms with E-state index in [-0.39, 0.29) is 18.6 Å². The number of hydrogen-bond acceptors (Lipinski definition) is 3. The predicted molar refractivity (Wildman–Crippen MR) is 70.5 cm³/mol. The zero-order valence-electron chi connectivity index (χ0n) is 11.4. The van der Waals surface area contributed by atoms with E-state index in [0.717, 1.165) is 12.8 Å². The first kappa shape index (κ1) is 14.1. The fourth-order valence-corrected chi connectivity index (χ4v) is 2.79. The van der Waals surface area contributed by atoms with Crippen LogP contribution in [0.15, 0.2) is 0 Å². The lowest BCUT2D eigenvalue weighted by Gasteiger charge is -2.35. The molecule has 0 aromatic carbocycles. The van der Waals surface area contributed by atoms with Gasteiger partial charge in [0.25, 0.3) is 0 Å². The fraction of sp³-hybridized carbons (Fsp3) is 0.846. The Balaban J connectivity index is 1.86. The molecule has 1 saturated carbocycles. The molecule has 3 atom stereocenters. The van der Waals surface area contributed by atoms with E-state index in [0.29, 0.717) is 19.1 Å². The van der Waals surface area contributed by atoms with Crippen molar-refractivity contribution in [2.24, 2.45) is 11.7 Å². The van der Waals surface area contributed by atoms with Crippen LogP contribution in [-0.2, 0) is 9.53 Å². The highest BCUT2D eigenvalue weighted by Crippen LogP contribution is 2.23. The maximum Gasteiger partial charge on any atom is 0.317 e. The number of amides is 3. The van der Waals surface area contributed by atoms with Crippen molar-refractivity contribution in [1.82, 2.24) is 10.2 Å². The molecule has 0 bridgehead atoms. The number of nitrogens with zero attached hydrogens (tertiary/aromatic N) is 1. The van der Waals surface area contributed by atoms with Crippen molar-refractivity contribution in [3.05, 3.63) is 0 Å². The zero-order chi connectivity index (χ0) is 13.8. The molecule has 2 fully saturated rings. The monoisotopic (exact) mass is 269 g/mol. The Bertz CT molecular complexity index is 348. The van der Waals surface area contributed by atoms with Gasteiger partial charge in [0.2, 0.25) is 5.91 Å². The van der Waals surface area contributed by atoms with Crippen molar-refractivity contribution in [1.29, 1.82) is 0 Å². The van der Waals surface area contributed by atoms with Crippen LogP contribution in [-0.4, -0.2) is 48.7 Å². The Hall–Kier alpha value is -1.30. The highest BCUT2D eigenvalue weighted by molar-refractivity contribution is 5.81. The summed E-state index contributed by atoms with van der Waals surface area (Å²) in [4.78, 5) is 24.9. The predicted octanol–water partition coefficient (Wildman–Crippen LogP) is 0.461. The lowest BCUT2D eigenvalue weighted by atomic mass is 9.86. The molecule has 3 amide bonds. The number of nitrogens with two attached hydrogens (primary N) is 1. The van der Waals surface area contributed by atoms with E-state index in [4.69, 9.17) is 10.5 Å². The van der Waals surface area contributed by atoms with Crippen LogP contribution in [0.4, 0.5) is 4.79 Å².